The maximum Gasteiger partial charge on any atom is 0.157 e. The zero-order valence-corrected chi connectivity index (χ0v) is 13.2. The van der Waals surface area contributed by atoms with Crippen molar-refractivity contribution in [3.8, 4) is 5.75 Å². The average Bonchev–Trinajstić information content (AvgIpc) is 2.69. The number of aromatic nitrogens is 1. The van der Waals surface area contributed by atoms with Crippen LogP contribution < -0.4 is 9.84 Å². The van der Waals surface area contributed by atoms with Gasteiger partial charge < -0.3 is 14.6 Å². The molecule has 8 heteroatoms. The Labute approximate surface area is 133 Å². The van der Waals surface area contributed by atoms with E-state index in [4.69, 9.17) is 39.5 Å². The summed E-state index contributed by atoms with van der Waals surface area (Å²) in [6, 6.07) is 3.01. The van der Waals surface area contributed by atoms with Gasteiger partial charge >= 0.3 is 0 Å². The van der Waals surface area contributed by atoms with Gasteiger partial charge in [0.2, 0.25) is 0 Å². The fourth-order valence-electron chi connectivity index (χ4n) is 1.50. The lowest BCUT2D eigenvalue weighted by Crippen LogP contribution is -2.21. The monoisotopic (exact) mass is 350 g/mol. The van der Waals surface area contributed by atoms with Crippen LogP contribution in [0.5, 0.6) is 5.75 Å². The summed E-state index contributed by atoms with van der Waals surface area (Å²) in [4.78, 5) is 15.0. The van der Waals surface area contributed by atoms with E-state index in [2.05, 4.69) is 4.98 Å². The Hall–Kier alpha value is -1.01. The van der Waals surface area contributed by atoms with Crippen LogP contribution in [0.4, 0.5) is 0 Å². The van der Waals surface area contributed by atoms with Crippen LogP contribution in [0.3, 0.4) is 0 Å². The molecule has 106 valence electrons. The number of benzene rings is 1. The lowest BCUT2D eigenvalue weighted by Gasteiger charge is -2.08. The minimum Gasteiger partial charge on any atom is -0.544 e. The van der Waals surface area contributed by atoms with Gasteiger partial charge in [0.05, 0.1) is 26.6 Å². The van der Waals surface area contributed by atoms with Crippen LogP contribution in [-0.4, -0.2) is 11.0 Å². The van der Waals surface area contributed by atoms with Crippen molar-refractivity contribution >= 4 is 52.1 Å². The zero-order chi connectivity index (χ0) is 14.9. The van der Waals surface area contributed by atoms with E-state index in [1.165, 1.54) is 12.1 Å². The van der Waals surface area contributed by atoms with E-state index in [9.17, 15) is 9.90 Å². The van der Waals surface area contributed by atoms with Gasteiger partial charge in [0.15, 0.2) is 5.75 Å². The number of thiazole rings is 1. The average molecular weight is 352 g/mol. The molecule has 0 bridgehead atoms. The minimum absolute atomic E-state index is 0.0554. The second-order valence-electron chi connectivity index (χ2n) is 3.80. The lowest BCUT2D eigenvalue weighted by molar-refractivity contribution is -0.254. The fourth-order valence-corrected chi connectivity index (χ4v) is 3.24. The van der Waals surface area contributed by atoms with Gasteiger partial charge in [-0.2, -0.15) is 0 Å². The highest BCUT2D eigenvalue weighted by molar-refractivity contribution is 7.13. The molecule has 0 aliphatic carbocycles. The largest absolute Gasteiger partial charge is 0.544 e. The van der Waals surface area contributed by atoms with Gasteiger partial charge in [-0.25, -0.2) is 4.98 Å². The van der Waals surface area contributed by atoms with Gasteiger partial charge in [-0.15, -0.1) is 11.3 Å². The van der Waals surface area contributed by atoms with Gasteiger partial charge in [-0.3, -0.25) is 0 Å². The van der Waals surface area contributed by atoms with Crippen LogP contribution >= 0.6 is 46.1 Å². The Bertz CT molecular complexity index is 649. The Morgan fingerprint density at radius 3 is 2.45 bits per heavy atom. The van der Waals surface area contributed by atoms with E-state index in [1.807, 2.05) is 0 Å². The summed E-state index contributed by atoms with van der Waals surface area (Å²) in [5, 5.41) is 12.3. The molecule has 0 N–H and O–H groups in total. The first-order valence-electron chi connectivity index (χ1n) is 5.33. The molecule has 0 spiro atoms. The first kappa shape index (κ1) is 15.4. The van der Waals surface area contributed by atoms with Gasteiger partial charge in [0.1, 0.15) is 11.6 Å². The molecule has 1 aromatic carbocycles. The Balaban J connectivity index is 2.17. The Kier molecular flexibility index (Phi) is 4.75. The van der Waals surface area contributed by atoms with E-state index in [0.717, 1.165) is 11.3 Å². The highest BCUT2D eigenvalue weighted by atomic mass is 35.5. The third-order valence-electron chi connectivity index (χ3n) is 2.33. The lowest BCUT2D eigenvalue weighted by atomic mass is 10.3. The molecule has 0 atom stereocenters. The number of carbonyl (C=O) groups is 1. The number of carboxylic acids is 1. The summed E-state index contributed by atoms with van der Waals surface area (Å²) in [5.41, 5.74) is 0.391. The molecule has 0 aliphatic heterocycles. The summed E-state index contributed by atoms with van der Waals surface area (Å²) in [6.07, 6.45) is 0. The van der Waals surface area contributed by atoms with Gasteiger partial charge in [-0.1, -0.05) is 34.8 Å². The topological polar surface area (TPSA) is 62.2 Å². The number of aromatic carboxylic acids is 1. The highest BCUT2D eigenvalue weighted by Gasteiger charge is 2.12. The van der Waals surface area contributed by atoms with E-state index in [1.54, 1.807) is 6.92 Å². The first-order chi connectivity index (χ1) is 9.38. The summed E-state index contributed by atoms with van der Waals surface area (Å²) in [5.74, 6) is -0.977. The molecule has 0 aliphatic rings. The summed E-state index contributed by atoms with van der Waals surface area (Å²) >= 11 is 18.7. The minimum atomic E-state index is -1.26. The van der Waals surface area contributed by atoms with E-state index in [-0.39, 0.29) is 27.3 Å². The molecule has 1 heterocycles. The quantitative estimate of drug-likeness (QED) is 0.847. The number of halogens is 3. The van der Waals surface area contributed by atoms with Crippen molar-refractivity contribution in [3.63, 3.8) is 0 Å². The predicted molar refractivity (Wildman–Crippen MR) is 77.0 cm³/mol. The predicted octanol–water partition coefficient (Wildman–Crippen LogP) is 3.35. The molecule has 0 amide bonds. The molecule has 0 saturated carbocycles. The maximum atomic E-state index is 10.8. The van der Waals surface area contributed by atoms with Crippen molar-refractivity contribution in [2.45, 2.75) is 13.5 Å². The van der Waals surface area contributed by atoms with Gasteiger partial charge in [0.25, 0.3) is 0 Å². The highest BCUT2D eigenvalue weighted by Crippen LogP contribution is 2.36. The summed E-state index contributed by atoms with van der Waals surface area (Å²) in [7, 11) is 0. The zero-order valence-electron chi connectivity index (χ0n) is 10.1. The Morgan fingerprint density at radius 1 is 1.35 bits per heavy atom. The van der Waals surface area contributed by atoms with Crippen molar-refractivity contribution in [1.29, 1.82) is 0 Å². The number of rotatable bonds is 4. The third-order valence-corrected chi connectivity index (χ3v) is 4.22. The molecule has 20 heavy (non-hydrogen) atoms. The number of carboxylic acid groups (broad SMARTS) is 1. The van der Waals surface area contributed by atoms with Gasteiger partial charge in [-0.05, 0) is 19.1 Å². The third kappa shape index (κ3) is 3.35. The molecular weight excluding hydrogens is 345 g/mol. The van der Waals surface area contributed by atoms with Crippen LogP contribution in [0.25, 0.3) is 0 Å². The van der Waals surface area contributed by atoms with Gasteiger partial charge in [0, 0.05) is 5.02 Å². The number of hydrogen-bond donors (Lipinski definition) is 0. The molecule has 4 nitrogen and oxygen atoms in total. The smallest absolute Gasteiger partial charge is 0.157 e. The second kappa shape index (κ2) is 6.18. The van der Waals surface area contributed by atoms with Crippen LogP contribution in [0.15, 0.2) is 12.1 Å². The molecule has 0 fully saturated rings. The molecule has 2 rings (SSSR count). The molecular formula is C12H7Cl3NO3S-. The molecule has 0 unspecified atom stereocenters. The normalized spacial score (nSPS) is 10.6. The summed E-state index contributed by atoms with van der Waals surface area (Å²) in [6.45, 7) is 1.65. The molecule has 1 aromatic heterocycles. The molecule has 0 saturated heterocycles. The van der Waals surface area contributed by atoms with Crippen LogP contribution in [0, 0.1) is 6.92 Å². The second-order valence-corrected chi connectivity index (χ2v) is 6.13. The van der Waals surface area contributed by atoms with Crippen molar-refractivity contribution < 1.29 is 14.6 Å². The van der Waals surface area contributed by atoms with E-state index >= 15 is 0 Å². The number of carbonyl (C=O) groups excluding carboxylic acids is 1. The van der Waals surface area contributed by atoms with Crippen molar-refractivity contribution in [2.24, 2.45) is 0 Å². The fraction of sp³-hybridized carbons (Fsp3) is 0.167. The van der Waals surface area contributed by atoms with E-state index < -0.39 is 5.97 Å². The van der Waals surface area contributed by atoms with E-state index in [0.29, 0.717) is 15.7 Å². The summed E-state index contributed by atoms with van der Waals surface area (Å²) < 4.78 is 5.47. The van der Waals surface area contributed by atoms with Crippen molar-refractivity contribution in [1.82, 2.24) is 4.98 Å². The molecule has 0 radical (unpaired) electrons. The number of nitrogens with zero attached hydrogens (tertiary/aromatic N) is 1. The maximum absolute atomic E-state index is 10.8. The number of hydrogen-bond acceptors (Lipinski definition) is 5. The molecule has 2 aromatic rings. The van der Waals surface area contributed by atoms with Crippen LogP contribution in [0.1, 0.15) is 20.4 Å². The number of ether oxygens (including phenoxy) is 1. The number of aryl methyl sites for hydroxylation is 1. The van der Waals surface area contributed by atoms with Crippen LogP contribution in [-0.2, 0) is 6.61 Å². The standard InChI is InChI=1S/C12H8Cl3NO3S/c1-5-11(12(17)18)20-9(16-5)4-19-10-7(14)2-6(13)3-8(10)15/h2-3H,4H2,1H3,(H,17,18)/p-1. The van der Waals surface area contributed by atoms with Crippen molar-refractivity contribution in [2.75, 3.05) is 0 Å². The van der Waals surface area contributed by atoms with Crippen LogP contribution in [0.2, 0.25) is 15.1 Å². The Morgan fingerprint density at radius 2 is 1.95 bits per heavy atom. The SMILES string of the molecule is Cc1nc(COc2c(Cl)cc(Cl)cc2Cl)sc1C(=O)[O-]. The van der Waals surface area contributed by atoms with Crippen molar-refractivity contribution in [3.05, 3.63) is 42.8 Å². The first-order valence-corrected chi connectivity index (χ1v) is 7.28.